The lowest BCUT2D eigenvalue weighted by molar-refractivity contribution is 0.0983. The second kappa shape index (κ2) is 3.10. The van der Waals surface area contributed by atoms with E-state index < -0.39 is 0 Å². The van der Waals surface area contributed by atoms with Crippen LogP contribution in [0.5, 0.6) is 0 Å². The molecule has 1 aromatic rings. The molecule has 0 fully saturated rings. The summed E-state index contributed by atoms with van der Waals surface area (Å²) >= 11 is 3.21. The smallest absolute Gasteiger partial charge is 0.166 e. The van der Waals surface area contributed by atoms with Crippen molar-refractivity contribution in [2.75, 3.05) is 11.9 Å². The molecule has 0 radical (unpaired) electrons. The van der Waals surface area contributed by atoms with Crippen molar-refractivity contribution in [1.82, 2.24) is 0 Å². The van der Waals surface area contributed by atoms with Gasteiger partial charge in [0.2, 0.25) is 0 Å². The molecule has 0 spiro atoms. The van der Waals surface area contributed by atoms with Crippen LogP contribution in [0, 0.1) is 5.82 Å². The number of nitrogens with one attached hydrogen (secondary N) is 1. The Balaban J connectivity index is 2.63. The fourth-order valence-electron chi connectivity index (χ4n) is 1.41. The zero-order valence-corrected chi connectivity index (χ0v) is 8.32. The van der Waals surface area contributed by atoms with E-state index in [1.807, 2.05) is 0 Å². The van der Waals surface area contributed by atoms with E-state index in [-0.39, 0.29) is 11.6 Å². The SMILES string of the molecule is O=C1CCNc2c(Br)cc(F)cc21. The second-order valence-electron chi connectivity index (χ2n) is 2.91. The second-order valence-corrected chi connectivity index (χ2v) is 3.76. The van der Waals surface area contributed by atoms with Gasteiger partial charge in [-0.15, -0.1) is 0 Å². The maximum absolute atomic E-state index is 12.9. The summed E-state index contributed by atoms with van der Waals surface area (Å²) in [7, 11) is 0. The number of fused-ring (bicyclic) bond motifs is 1. The molecule has 0 bridgehead atoms. The Labute approximate surface area is 83.3 Å². The Morgan fingerprint density at radius 1 is 1.46 bits per heavy atom. The van der Waals surface area contributed by atoms with Crippen LogP contribution >= 0.6 is 15.9 Å². The van der Waals surface area contributed by atoms with Crippen LogP contribution in [-0.2, 0) is 0 Å². The Hall–Kier alpha value is -0.900. The van der Waals surface area contributed by atoms with Gasteiger partial charge in [0.05, 0.1) is 5.69 Å². The first-order valence-corrected chi connectivity index (χ1v) is 4.74. The molecule has 13 heavy (non-hydrogen) atoms. The maximum atomic E-state index is 12.9. The van der Waals surface area contributed by atoms with E-state index in [4.69, 9.17) is 0 Å². The van der Waals surface area contributed by atoms with Crippen molar-refractivity contribution in [3.05, 3.63) is 28.0 Å². The monoisotopic (exact) mass is 243 g/mol. The summed E-state index contributed by atoms with van der Waals surface area (Å²) in [5, 5.41) is 3.05. The first-order chi connectivity index (χ1) is 6.18. The Morgan fingerprint density at radius 2 is 2.23 bits per heavy atom. The molecular formula is C9H7BrFNO. The Morgan fingerprint density at radius 3 is 3.00 bits per heavy atom. The number of ketones is 1. The number of hydrogen-bond donors (Lipinski definition) is 1. The van der Waals surface area contributed by atoms with Crippen LogP contribution in [0.3, 0.4) is 0 Å². The highest BCUT2D eigenvalue weighted by Gasteiger charge is 2.19. The van der Waals surface area contributed by atoms with Crippen LogP contribution in [0.2, 0.25) is 0 Å². The van der Waals surface area contributed by atoms with E-state index in [9.17, 15) is 9.18 Å². The number of carbonyl (C=O) groups is 1. The molecule has 0 unspecified atom stereocenters. The van der Waals surface area contributed by atoms with Crippen LogP contribution in [0.25, 0.3) is 0 Å². The molecular weight excluding hydrogens is 237 g/mol. The van der Waals surface area contributed by atoms with Gasteiger partial charge in [-0.3, -0.25) is 4.79 Å². The van der Waals surface area contributed by atoms with Crippen LogP contribution in [-0.4, -0.2) is 12.3 Å². The maximum Gasteiger partial charge on any atom is 0.166 e. The summed E-state index contributed by atoms with van der Waals surface area (Å²) in [6, 6.07) is 2.62. The molecule has 1 aliphatic rings. The summed E-state index contributed by atoms with van der Waals surface area (Å²) < 4.78 is 13.5. The third kappa shape index (κ3) is 1.46. The number of carbonyl (C=O) groups excluding carboxylic acids is 1. The first kappa shape index (κ1) is 8.69. The average Bonchev–Trinajstić information content (AvgIpc) is 2.07. The summed E-state index contributed by atoms with van der Waals surface area (Å²) in [5.74, 6) is -0.392. The predicted molar refractivity (Wildman–Crippen MR) is 51.5 cm³/mol. The highest BCUT2D eigenvalue weighted by Crippen LogP contribution is 2.31. The minimum Gasteiger partial charge on any atom is -0.383 e. The zero-order valence-electron chi connectivity index (χ0n) is 6.73. The largest absolute Gasteiger partial charge is 0.383 e. The van der Waals surface area contributed by atoms with E-state index in [1.54, 1.807) is 0 Å². The fourth-order valence-corrected chi connectivity index (χ4v) is 1.98. The topological polar surface area (TPSA) is 29.1 Å². The number of hydrogen-bond acceptors (Lipinski definition) is 2. The summed E-state index contributed by atoms with van der Waals surface area (Å²) in [5.41, 5.74) is 1.15. The molecule has 0 amide bonds. The lowest BCUT2D eigenvalue weighted by atomic mass is 10.0. The van der Waals surface area contributed by atoms with Crippen molar-refractivity contribution in [2.45, 2.75) is 6.42 Å². The molecule has 0 aliphatic carbocycles. The molecule has 68 valence electrons. The molecule has 1 N–H and O–H groups in total. The van der Waals surface area contributed by atoms with Crippen molar-refractivity contribution in [1.29, 1.82) is 0 Å². The summed E-state index contributed by atoms with van der Waals surface area (Å²) in [6.45, 7) is 0.621. The molecule has 1 aromatic carbocycles. The Kier molecular flexibility index (Phi) is 2.07. The highest BCUT2D eigenvalue weighted by atomic mass is 79.9. The number of anilines is 1. The molecule has 0 saturated heterocycles. The normalized spacial score (nSPS) is 15.1. The van der Waals surface area contributed by atoms with E-state index in [0.717, 1.165) is 0 Å². The van der Waals surface area contributed by atoms with E-state index in [0.29, 0.717) is 28.7 Å². The van der Waals surface area contributed by atoms with Crippen molar-refractivity contribution in [3.63, 3.8) is 0 Å². The van der Waals surface area contributed by atoms with Crippen molar-refractivity contribution < 1.29 is 9.18 Å². The molecule has 1 heterocycles. The van der Waals surface area contributed by atoms with Gasteiger partial charge in [0.15, 0.2) is 5.78 Å². The van der Waals surface area contributed by atoms with Gasteiger partial charge in [-0.1, -0.05) is 0 Å². The van der Waals surface area contributed by atoms with Crippen LogP contribution in [0.4, 0.5) is 10.1 Å². The van der Waals surface area contributed by atoms with Crippen molar-refractivity contribution in [3.8, 4) is 0 Å². The van der Waals surface area contributed by atoms with Crippen molar-refractivity contribution in [2.24, 2.45) is 0 Å². The minimum atomic E-state index is -0.386. The molecule has 2 rings (SSSR count). The lowest BCUT2D eigenvalue weighted by Gasteiger charge is -2.18. The van der Waals surface area contributed by atoms with Crippen molar-refractivity contribution >= 4 is 27.4 Å². The van der Waals surface area contributed by atoms with Gasteiger partial charge in [-0.2, -0.15) is 0 Å². The van der Waals surface area contributed by atoms with Gasteiger partial charge in [0, 0.05) is 23.0 Å². The molecule has 0 aromatic heterocycles. The molecule has 0 atom stereocenters. The molecule has 4 heteroatoms. The molecule has 2 nitrogen and oxygen atoms in total. The highest BCUT2D eigenvalue weighted by molar-refractivity contribution is 9.10. The third-order valence-corrected chi connectivity index (χ3v) is 2.63. The number of benzene rings is 1. The Bertz CT molecular complexity index is 378. The molecule has 1 aliphatic heterocycles. The van der Waals surface area contributed by atoms with Gasteiger partial charge in [0.1, 0.15) is 5.82 Å². The summed E-state index contributed by atoms with van der Waals surface area (Å²) in [6.07, 6.45) is 0.433. The third-order valence-electron chi connectivity index (χ3n) is 2.01. The van der Waals surface area contributed by atoms with Crippen LogP contribution in [0.1, 0.15) is 16.8 Å². The van der Waals surface area contributed by atoms with Gasteiger partial charge in [-0.25, -0.2) is 4.39 Å². The van der Waals surface area contributed by atoms with E-state index in [2.05, 4.69) is 21.2 Å². The van der Waals surface area contributed by atoms with Crippen LogP contribution < -0.4 is 5.32 Å². The van der Waals surface area contributed by atoms with E-state index in [1.165, 1.54) is 12.1 Å². The minimum absolute atomic E-state index is 0.00560. The number of Topliss-reactive ketones (excluding diaryl/α,β-unsaturated/α-hetero) is 1. The van der Waals surface area contributed by atoms with Crippen LogP contribution in [0.15, 0.2) is 16.6 Å². The van der Waals surface area contributed by atoms with Gasteiger partial charge in [0.25, 0.3) is 0 Å². The lowest BCUT2D eigenvalue weighted by Crippen LogP contribution is -2.18. The standard InChI is InChI=1S/C9H7BrFNO/c10-7-4-5(11)3-6-8(13)1-2-12-9(6)7/h3-4,12H,1-2H2. The predicted octanol–water partition coefficient (Wildman–Crippen LogP) is 2.59. The summed E-state index contributed by atoms with van der Waals surface area (Å²) in [4.78, 5) is 11.4. The fraction of sp³-hybridized carbons (Fsp3) is 0.222. The van der Waals surface area contributed by atoms with Gasteiger partial charge >= 0.3 is 0 Å². The van der Waals surface area contributed by atoms with E-state index >= 15 is 0 Å². The first-order valence-electron chi connectivity index (χ1n) is 3.94. The quantitative estimate of drug-likeness (QED) is 0.759. The van der Waals surface area contributed by atoms with Gasteiger partial charge < -0.3 is 5.32 Å². The zero-order chi connectivity index (χ0) is 9.42. The number of halogens is 2. The molecule has 0 saturated carbocycles. The number of rotatable bonds is 0. The van der Waals surface area contributed by atoms with Gasteiger partial charge in [-0.05, 0) is 28.1 Å². The average molecular weight is 244 g/mol.